The fourth-order valence-corrected chi connectivity index (χ4v) is 3.15. The Bertz CT molecular complexity index is 968. The van der Waals surface area contributed by atoms with Crippen LogP contribution >= 0.6 is 0 Å². The number of aromatic nitrogens is 2. The van der Waals surface area contributed by atoms with Crippen LogP contribution in [0.1, 0.15) is 29.3 Å². The number of ether oxygens (including phenoxy) is 1. The first-order valence-corrected chi connectivity index (χ1v) is 9.89. The number of rotatable bonds is 9. The zero-order chi connectivity index (χ0) is 21.3. The summed E-state index contributed by atoms with van der Waals surface area (Å²) in [6.07, 6.45) is 4.38. The number of nitrogens with one attached hydrogen (secondary N) is 1. The Balaban J connectivity index is 1.65. The van der Waals surface area contributed by atoms with Gasteiger partial charge in [0.15, 0.2) is 0 Å². The van der Waals surface area contributed by atoms with Crippen molar-refractivity contribution in [2.45, 2.75) is 19.9 Å². The highest BCUT2D eigenvalue weighted by Gasteiger charge is 2.19. The van der Waals surface area contributed by atoms with Gasteiger partial charge in [0.05, 0.1) is 19.3 Å². The Labute approximate surface area is 176 Å². The fraction of sp³-hybridized carbons (Fsp3) is 0.261. The molecule has 0 unspecified atom stereocenters. The molecule has 7 nitrogen and oxygen atoms in total. The van der Waals surface area contributed by atoms with Crippen LogP contribution in [0, 0.1) is 0 Å². The summed E-state index contributed by atoms with van der Waals surface area (Å²) in [4.78, 5) is 27.1. The van der Waals surface area contributed by atoms with Gasteiger partial charge in [-0.2, -0.15) is 5.10 Å². The van der Waals surface area contributed by atoms with Crippen molar-refractivity contribution in [2.75, 3.05) is 25.5 Å². The third-order valence-corrected chi connectivity index (χ3v) is 4.60. The van der Waals surface area contributed by atoms with Crippen molar-refractivity contribution < 1.29 is 14.3 Å². The average molecular weight is 406 g/mol. The van der Waals surface area contributed by atoms with Crippen molar-refractivity contribution in [1.82, 2.24) is 14.7 Å². The molecule has 0 aliphatic rings. The van der Waals surface area contributed by atoms with Crippen LogP contribution in [0.3, 0.4) is 0 Å². The summed E-state index contributed by atoms with van der Waals surface area (Å²) in [7, 11) is 1.55. The summed E-state index contributed by atoms with van der Waals surface area (Å²) in [5.41, 5.74) is 2.18. The minimum atomic E-state index is -0.267. The molecule has 30 heavy (non-hydrogen) atoms. The summed E-state index contributed by atoms with van der Waals surface area (Å²) in [6, 6.07) is 16.5. The second kappa shape index (κ2) is 10.2. The molecule has 3 rings (SSSR count). The van der Waals surface area contributed by atoms with Crippen LogP contribution in [0.15, 0.2) is 67.0 Å². The van der Waals surface area contributed by atoms with E-state index in [-0.39, 0.29) is 18.4 Å². The monoisotopic (exact) mass is 406 g/mol. The van der Waals surface area contributed by atoms with Crippen molar-refractivity contribution in [3.05, 3.63) is 78.1 Å². The molecule has 1 aromatic heterocycles. The highest BCUT2D eigenvalue weighted by Crippen LogP contribution is 2.23. The zero-order valence-electron chi connectivity index (χ0n) is 17.2. The van der Waals surface area contributed by atoms with Crippen molar-refractivity contribution in [2.24, 2.45) is 0 Å². The zero-order valence-corrected chi connectivity index (χ0v) is 17.2. The van der Waals surface area contributed by atoms with E-state index in [9.17, 15) is 9.59 Å². The molecule has 2 aromatic carbocycles. The van der Waals surface area contributed by atoms with Crippen molar-refractivity contribution >= 4 is 17.5 Å². The largest absolute Gasteiger partial charge is 0.495 e. The maximum absolute atomic E-state index is 13.0. The van der Waals surface area contributed by atoms with Crippen molar-refractivity contribution in [1.29, 1.82) is 0 Å². The Kier molecular flexibility index (Phi) is 7.21. The molecule has 7 heteroatoms. The van der Waals surface area contributed by atoms with Gasteiger partial charge in [-0.3, -0.25) is 14.3 Å². The molecule has 0 spiro atoms. The maximum Gasteiger partial charge on any atom is 0.254 e. The van der Waals surface area contributed by atoms with Crippen LogP contribution < -0.4 is 10.1 Å². The highest BCUT2D eigenvalue weighted by molar-refractivity contribution is 5.99. The van der Waals surface area contributed by atoms with E-state index in [4.69, 9.17) is 4.74 Å². The molecule has 3 aromatic rings. The number of carbonyl (C=O) groups is 2. The molecule has 0 aliphatic heterocycles. The minimum Gasteiger partial charge on any atom is -0.495 e. The summed E-state index contributed by atoms with van der Waals surface area (Å²) < 4.78 is 7.08. The lowest BCUT2D eigenvalue weighted by Crippen LogP contribution is -2.38. The lowest BCUT2D eigenvalue weighted by atomic mass is 10.1. The molecule has 1 N–H and O–H groups in total. The maximum atomic E-state index is 13.0. The van der Waals surface area contributed by atoms with E-state index in [1.807, 2.05) is 48.1 Å². The smallest absolute Gasteiger partial charge is 0.254 e. The van der Waals surface area contributed by atoms with Crippen LogP contribution in [-0.2, 0) is 11.3 Å². The van der Waals surface area contributed by atoms with Gasteiger partial charge >= 0.3 is 0 Å². The molecule has 0 saturated carbocycles. The molecule has 0 saturated heterocycles. The number of hydrogen-bond acceptors (Lipinski definition) is 4. The van der Waals surface area contributed by atoms with Gasteiger partial charge in [-0.25, -0.2) is 0 Å². The fourth-order valence-electron chi connectivity index (χ4n) is 3.15. The first-order chi connectivity index (χ1) is 14.6. The van der Waals surface area contributed by atoms with Crippen LogP contribution in [0.5, 0.6) is 5.75 Å². The molecular formula is C23H26N4O3. The van der Waals surface area contributed by atoms with Crippen molar-refractivity contribution in [3.63, 3.8) is 0 Å². The standard InChI is InChI=1S/C23H26N4O3/c1-3-14-26(17-22(28)25-20-7-4-5-8-21(20)30-2)23(29)19-11-9-18(10-12-19)16-27-15-6-13-24-27/h4-13,15H,3,14,16-17H2,1-2H3,(H,25,28). The molecule has 0 bridgehead atoms. The number of para-hydroxylation sites is 2. The number of carbonyl (C=O) groups excluding carboxylic acids is 2. The van der Waals surface area contributed by atoms with E-state index in [2.05, 4.69) is 10.4 Å². The molecule has 0 fully saturated rings. The van der Waals surface area contributed by atoms with Gasteiger partial charge in [-0.1, -0.05) is 31.2 Å². The van der Waals surface area contributed by atoms with Gasteiger partial charge in [0.2, 0.25) is 5.91 Å². The SMILES string of the molecule is CCCN(CC(=O)Nc1ccccc1OC)C(=O)c1ccc(Cn2cccn2)cc1. The molecule has 1 heterocycles. The quantitative estimate of drug-likeness (QED) is 0.591. The van der Waals surface area contributed by atoms with E-state index in [1.54, 1.807) is 42.5 Å². The topological polar surface area (TPSA) is 76.5 Å². The molecule has 0 radical (unpaired) electrons. The molecule has 0 atom stereocenters. The van der Waals surface area contributed by atoms with Crippen LogP contribution in [-0.4, -0.2) is 46.7 Å². The van der Waals surface area contributed by atoms with Crippen LogP contribution in [0.4, 0.5) is 5.69 Å². The predicted octanol–water partition coefficient (Wildman–Crippen LogP) is 3.43. The predicted molar refractivity (Wildman–Crippen MR) is 116 cm³/mol. The molecule has 156 valence electrons. The Hall–Kier alpha value is -3.61. The summed E-state index contributed by atoms with van der Waals surface area (Å²) >= 11 is 0. The van der Waals surface area contributed by atoms with Crippen LogP contribution in [0.2, 0.25) is 0 Å². The van der Waals surface area contributed by atoms with Crippen molar-refractivity contribution in [3.8, 4) is 5.75 Å². The third-order valence-electron chi connectivity index (χ3n) is 4.60. The van der Waals surface area contributed by atoms with Gasteiger partial charge in [0, 0.05) is 24.5 Å². The molecular weight excluding hydrogens is 380 g/mol. The first kappa shape index (κ1) is 21.1. The number of benzene rings is 2. The van der Waals surface area contributed by atoms with Crippen LogP contribution in [0.25, 0.3) is 0 Å². The minimum absolute atomic E-state index is 0.0280. The van der Waals surface area contributed by atoms with E-state index in [0.29, 0.717) is 30.1 Å². The molecule has 0 aliphatic carbocycles. The van der Waals surface area contributed by atoms with Gasteiger partial charge in [0.1, 0.15) is 12.3 Å². The number of nitrogens with zero attached hydrogens (tertiary/aromatic N) is 3. The summed E-state index contributed by atoms with van der Waals surface area (Å²) in [5, 5.41) is 7.01. The summed E-state index contributed by atoms with van der Waals surface area (Å²) in [6.45, 7) is 3.08. The average Bonchev–Trinajstić information content (AvgIpc) is 3.27. The van der Waals surface area contributed by atoms with Gasteiger partial charge in [-0.05, 0) is 42.3 Å². The third kappa shape index (κ3) is 5.47. The molecule has 2 amide bonds. The number of amides is 2. The van der Waals surface area contributed by atoms with Gasteiger partial charge in [0.25, 0.3) is 5.91 Å². The van der Waals surface area contributed by atoms with E-state index < -0.39 is 0 Å². The van der Waals surface area contributed by atoms with E-state index in [0.717, 1.165) is 12.0 Å². The Morgan fingerprint density at radius 1 is 1.10 bits per heavy atom. The normalized spacial score (nSPS) is 10.5. The number of hydrogen-bond donors (Lipinski definition) is 1. The number of methoxy groups -OCH3 is 1. The Morgan fingerprint density at radius 3 is 2.53 bits per heavy atom. The Morgan fingerprint density at radius 2 is 1.87 bits per heavy atom. The first-order valence-electron chi connectivity index (χ1n) is 9.89. The lowest BCUT2D eigenvalue weighted by molar-refractivity contribution is -0.116. The number of anilines is 1. The van der Waals surface area contributed by atoms with Gasteiger partial charge < -0.3 is 15.0 Å². The lowest BCUT2D eigenvalue weighted by Gasteiger charge is -2.22. The van der Waals surface area contributed by atoms with E-state index in [1.165, 1.54) is 0 Å². The summed E-state index contributed by atoms with van der Waals surface area (Å²) in [5.74, 6) is 0.140. The second-order valence-electron chi connectivity index (χ2n) is 6.88. The second-order valence-corrected chi connectivity index (χ2v) is 6.88. The van der Waals surface area contributed by atoms with E-state index >= 15 is 0 Å². The highest BCUT2D eigenvalue weighted by atomic mass is 16.5. The van der Waals surface area contributed by atoms with Gasteiger partial charge in [-0.15, -0.1) is 0 Å².